The van der Waals surface area contributed by atoms with Crippen LogP contribution < -0.4 is 5.32 Å². The minimum absolute atomic E-state index is 0.0442. The van der Waals surface area contributed by atoms with Crippen molar-refractivity contribution >= 4 is 29.2 Å². The lowest BCUT2D eigenvalue weighted by atomic mass is 10.2. The van der Waals surface area contributed by atoms with Gasteiger partial charge in [-0.15, -0.1) is 0 Å². The first-order chi connectivity index (χ1) is 12.9. The van der Waals surface area contributed by atoms with Gasteiger partial charge in [0, 0.05) is 36.9 Å². The summed E-state index contributed by atoms with van der Waals surface area (Å²) in [5, 5.41) is 3.54. The molecule has 1 saturated heterocycles. The van der Waals surface area contributed by atoms with Gasteiger partial charge >= 0.3 is 6.03 Å². The van der Waals surface area contributed by atoms with Crippen LogP contribution in [0.4, 0.5) is 10.5 Å². The number of benzene rings is 1. The van der Waals surface area contributed by atoms with E-state index in [9.17, 15) is 9.59 Å². The van der Waals surface area contributed by atoms with Gasteiger partial charge in [0.25, 0.3) is 5.91 Å². The predicted octanol–water partition coefficient (Wildman–Crippen LogP) is 4.24. The molecular weight excluding hydrogens is 366 g/mol. The van der Waals surface area contributed by atoms with E-state index in [2.05, 4.69) is 5.32 Å². The summed E-state index contributed by atoms with van der Waals surface area (Å²) >= 11 is 6.12. The SMILES string of the molecule is Cc1cc(C(=O)N2CCCN(C(=O)Nc3cccc(Cl)c3C)CC2)c(C)o1. The Kier molecular flexibility index (Phi) is 5.75. The van der Waals surface area contributed by atoms with Gasteiger partial charge < -0.3 is 19.5 Å². The van der Waals surface area contributed by atoms with Crippen molar-refractivity contribution in [3.8, 4) is 0 Å². The smallest absolute Gasteiger partial charge is 0.321 e. The number of carbonyl (C=O) groups excluding carboxylic acids is 2. The Labute approximate surface area is 164 Å². The quantitative estimate of drug-likeness (QED) is 0.835. The van der Waals surface area contributed by atoms with E-state index in [-0.39, 0.29) is 11.9 Å². The highest BCUT2D eigenvalue weighted by atomic mass is 35.5. The first-order valence-corrected chi connectivity index (χ1v) is 9.42. The molecule has 1 aromatic carbocycles. The number of anilines is 1. The largest absolute Gasteiger partial charge is 0.466 e. The first kappa shape index (κ1) is 19.3. The van der Waals surface area contributed by atoms with Crippen LogP contribution in [0.25, 0.3) is 0 Å². The molecule has 0 unspecified atom stereocenters. The third-order valence-corrected chi connectivity index (χ3v) is 5.26. The van der Waals surface area contributed by atoms with Crippen LogP contribution in [0.3, 0.4) is 0 Å². The van der Waals surface area contributed by atoms with E-state index in [0.29, 0.717) is 48.2 Å². The summed E-state index contributed by atoms with van der Waals surface area (Å²) < 4.78 is 5.47. The summed E-state index contributed by atoms with van der Waals surface area (Å²) in [4.78, 5) is 28.9. The van der Waals surface area contributed by atoms with E-state index in [1.807, 2.05) is 26.0 Å². The average Bonchev–Trinajstić information content (AvgIpc) is 2.84. The number of furan rings is 1. The molecule has 27 heavy (non-hydrogen) atoms. The summed E-state index contributed by atoms with van der Waals surface area (Å²) in [6.07, 6.45) is 0.726. The maximum Gasteiger partial charge on any atom is 0.321 e. The van der Waals surface area contributed by atoms with Crippen LogP contribution in [0.15, 0.2) is 28.7 Å². The maximum atomic E-state index is 12.8. The van der Waals surface area contributed by atoms with E-state index in [4.69, 9.17) is 16.0 Å². The Hall–Kier alpha value is -2.47. The summed E-state index contributed by atoms with van der Waals surface area (Å²) in [6, 6.07) is 7.03. The molecular formula is C20H24ClN3O3. The van der Waals surface area contributed by atoms with Crippen molar-refractivity contribution < 1.29 is 14.0 Å². The van der Waals surface area contributed by atoms with Gasteiger partial charge in [0.15, 0.2) is 0 Å². The summed E-state index contributed by atoms with van der Waals surface area (Å²) in [7, 11) is 0. The van der Waals surface area contributed by atoms with Crippen LogP contribution in [0.2, 0.25) is 5.02 Å². The second kappa shape index (κ2) is 8.05. The van der Waals surface area contributed by atoms with Crippen molar-refractivity contribution in [3.63, 3.8) is 0 Å². The number of aryl methyl sites for hydroxylation is 2. The Morgan fingerprint density at radius 1 is 1.07 bits per heavy atom. The molecule has 1 N–H and O–H groups in total. The van der Waals surface area contributed by atoms with Gasteiger partial charge in [-0.1, -0.05) is 17.7 Å². The van der Waals surface area contributed by atoms with E-state index in [0.717, 1.165) is 17.7 Å². The van der Waals surface area contributed by atoms with Gasteiger partial charge in [-0.2, -0.15) is 0 Å². The first-order valence-electron chi connectivity index (χ1n) is 9.04. The zero-order valence-electron chi connectivity index (χ0n) is 15.8. The normalized spacial score (nSPS) is 14.8. The fourth-order valence-corrected chi connectivity index (χ4v) is 3.45. The number of hydrogen-bond acceptors (Lipinski definition) is 3. The molecule has 3 amide bonds. The van der Waals surface area contributed by atoms with Crippen LogP contribution in [0.1, 0.15) is 33.9 Å². The van der Waals surface area contributed by atoms with Crippen molar-refractivity contribution in [2.45, 2.75) is 27.2 Å². The number of halogens is 1. The molecule has 1 aliphatic heterocycles. The van der Waals surface area contributed by atoms with Crippen molar-refractivity contribution in [2.24, 2.45) is 0 Å². The third kappa shape index (κ3) is 4.27. The lowest BCUT2D eigenvalue weighted by Crippen LogP contribution is -2.39. The molecule has 0 saturated carbocycles. The van der Waals surface area contributed by atoms with E-state index in [1.54, 1.807) is 28.9 Å². The molecule has 2 aromatic rings. The molecule has 2 heterocycles. The lowest BCUT2D eigenvalue weighted by Gasteiger charge is -2.23. The second-order valence-corrected chi connectivity index (χ2v) is 7.21. The topological polar surface area (TPSA) is 65.8 Å². The number of urea groups is 1. The van der Waals surface area contributed by atoms with Crippen molar-refractivity contribution in [2.75, 3.05) is 31.5 Å². The van der Waals surface area contributed by atoms with E-state index >= 15 is 0 Å². The molecule has 0 radical (unpaired) electrons. The van der Waals surface area contributed by atoms with Gasteiger partial charge in [0.05, 0.1) is 5.56 Å². The van der Waals surface area contributed by atoms with Crippen LogP contribution >= 0.6 is 11.6 Å². The highest BCUT2D eigenvalue weighted by molar-refractivity contribution is 6.31. The van der Waals surface area contributed by atoms with Crippen LogP contribution in [-0.4, -0.2) is 47.9 Å². The number of hydrogen-bond donors (Lipinski definition) is 1. The minimum Gasteiger partial charge on any atom is -0.466 e. The van der Waals surface area contributed by atoms with Crippen LogP contribution in [0.5, 0.6) is 0 Å². The van der Waals surface area contributed by atoms with Gasteiger partial charge in [-0.25, -0.2) is 4.79 Å². The average molecular weight is 390 g/mol. The number of rotatable bonds is 2. The maximum absolute atomic E-state index is 12.8. The number of carbonyl (C=O) groups is 2. The van der Waals surface area contributed by atoms with E-state index in [1.165, 1.54) is 0 Å². The molecule has 0 spiro atoms. The van der Waals surface area contributed by atoms with Gasteiger partial charge in [-0.3, -0.25) is 4.79 Å². The molecule has 3 rings (SSSR count). The zero-order valence-corrected chi connectivity index (χ0v) is 16.6. The third-order valence-electron chi connectivity index (χ3n) is 4.85. The fraction of sp³-hybridized carbons (Fsp3) is 0.400. The highest BCUT2D eigenvalue weighted by Gasteiger charge is 2.25. The minimum atomic E-state index is -0.176. The number of nitrogens with zero attached hydrogens (tertiary/aromatic N) is 2. The predicted molar refractivity (Wildman–Crippen MR) is 105 cm³/mol. The monoisotopic (exact) mass is 389 g/mol. The van der Waals surface area contributed by atoms with Crippen LogP contribution in [-0.2, 0) is 0 Å². The molecule has 0 atom stereocenters. The second-order valence-electron chi connectivity index (χ2n) is 6.80. The lowest BCUT2D eigenvalue weighted by molar-refractivity contribution is 0.0761. The molecule has 144 valence electrons. The number of nitrogens with one attached hydrogen (secondary N) is 1. The fourth-order valence-electron chi connectivity index (χ4n) is 3.27. The zero-order chi connectivity index (χ0) is 19.6. The van der Waals surface area contributed by atoms with Gasteiger partial charge in [0.2, 0.25) is 0 Å². The number of amides is 3. The summed E-state index contributed by atoms with van der Waals surface area (Å²) in [5.74, 6) is 1.31. The summed E-state index contributed by atoms with van der Waals surface area (Å²) in [6.45, 7) is 7.68. The molecule has 0 bridgehead atoms. The Bertz CT molecular complexity index is 862. The molecule has 6 nitrogen and oxygen atoms in total. The van der Waals surface area contributed by atoms with Crippen LogP contribution in [0, 0.1) is 20.8 Å². The van der Waals surface area contributed by atoms with Gasteiger partial charge in [0.1, 0.15) is 11.5 Å². The van der Waals surface area contributed by atoms with Crippen molar-refractivity contribution in [1.29, 1.82) is 0 Å². The molecule has 1 fully saturated rings. The highest BCUT2D eigenvalue weighted by Crippen LogP contribution is 2.23. The summed E-state index contributed by atoms with van der Waals surface area (Å²) in [5.41, 5.74) is 2.14. The Morgan fingerprint density at radius 3 is 2.48 bits per heavy atom. The molecule has 0 aliphatic carbocycles. The standard InChI is InChI=1S/C20H24ClN3O3/c1-13-12-16(15(3)27-13)19(25)23-8-5-9-24(11-10-23)20(26)22-18-7-4-6-17(21)14(18)2/h4,6-7,12H,5,8-11H2,1-3H3,(H,22,26). The Balaban J connectivity index is 1.64. The van der Waals surface area contributed by atoms with Crippen molar-refractivity contribution in [1.82, 2.24) is 9.80 Å². The van der Waals surface area contributed by atoms with Crippen molar-refractivity contribution in [3.05, 3.63) is 51.9 Å². The molecule has 1 aromatic heterocycles. The molecule has 7 heteroatoms. The Morgan fingerprint density at radius 2 is 1.78 bits per heavy atom. The molecule has 1 aliphatic rings. The van der Waals surface area contributed by atoms with Gasteiger partial charge in [-0.05, 0) is 51.0 Å². The van der Waals surface area contributed by atoms with E-state index < -0.39 is 0 Å².